The Morgan fingerprint density at radius 1 is 1.25 bits per heavy atom. The van der Waals surface area contributed by atoms with Gasteiger partial charge in [-0.15, -0.1) is 0 Å². The second-order valence-corrected chi connectivity index (χ2v) is 2.52. The van der Waals surface area contributed by atoms with Gasteiger partial charge in [-0.1, -0.05) is 13.3 Å². The van der Waals surface area contributed by atoms with Crippen molar-refractivity contribution in [1.82, 2.24) is 0 Å². The van der Waals surface area contributed by atoms with E-state index in [2.05, 4.69) is 4.74 Å². The molecule has 0 fully saturated rings. The molecule has 0 saturated carbocycles. The Labute approximate surface area is 71.9 Å². The van der Waals surface area contributed by atoms with Crippen LogP contribution in [0.25, 0.3) is 0 Å². The maximum atomic E-state index is 11.6. The Bertz CT molecular complexity index is 99.1. The third-order valence-electron chi connectivity index (χ3n) is 1.31. The largest absolute Gasteiger partial charge is 0.353 e. The molecule has 1 unspecified atom stereocenters. The van der Waals surface area contributed by atoms with Crippen LogP contribution in [0.3, 0.4) is 0 Å². The van der Waals surface area contributed by atoms with Gasteiger partial charge in [0.15, 0.2) is 6.29 Å². The van der Waals surface area contributed by atoms with E-state index in [1.165, 1.54) is 0 Å². The van der Waals surface area contributed by atoms with E-state index >= 15 is 0 Å². The number of ether oxygens (including phenoxy) is 2. The summed E-state index contributed by atoms with van der Waals surface area (Å²) in [6.07, 6.45) is -0.975. The molecule has 74 valence electrons. The molecule has 0 aliphatic carbocycles. The fourth-order valence-corrected chi connectivity index (χ4v) is 0.650. The van der Waals surface area contributed by atoms with E-state index in [4.69, 9.17) is 4.74 Å². The van der Waals surface area contributed by atoms with Gasteiger partial charge in [0.2, 0.25) is 0 Å². The van der Waals surface area contributed by atoms with Crippen molar-refractivity contribution >= 4 is 0 Å². The molecular weight excluding hydrogens is 166 g/mol. The number of halogens is 2. The van der Waals surface area contributed by atoms with Gasteiger partial charge in [-0.25, -0.2) is 8.78 Å². The summed E-state index contributed by atoms with van der Waals surface area (Å²) in [5, 5.41) is 0. The minimum Gasteiger partial charge on any atom is -0.353 e. The van der Waals surface area contributed by atoms with Gasteiger partial charge in [-0.05, 0) is 13.3 Å². The first-order chi connectivity index (χ1) is 5.66. The molecule has 0 rings (SSSR count). The summed E-state index contributed by atoms with van der Waals surface area (Å²) in [6.45, 7) is 3.68. The SMILES string of the molecule is CCCCOC(C)OCC(F)F. The Kier molecular flexibility index (Phi) is 7.29. The lowest BCUT2D eigenvalue weighted by Gasteiger charge is -2.13. The summed E-state index contributed by atoms with van der Waals surface area (Å²) in [5.74, 6) is 0. The Hall–Kier alpha value is -0.220. The van der Waals surface area contributed by atoms with Gasteiger partial charge in [0.1, 0.15) is 6.61 Å². The van der Waals surface area contributed by atoms with Crippen molar-refractivity contribution in [3.63, 3.8) is 0 Å². The molecule has 0 heterocycles. The summed E-state index contributed by atoms with van der Waals surface area (Å²) in [7, 11) is 0. The molecule has 0 N–H and O–H groups in total. The average molecular weight is 182 g/mol. The molecule has 0 aromatic carbocycles. The second kappa shape index (κ2) is 7.43. The predicted octanol–water partition coefficient (Wildman–Crippen LogP) is 2.43. The van der Waals surface area contributed by atoms with E-state index in [1.807, 2.05) is 6.92 Å². The number of alkyl halides is 2. The smallest absolute Gasteiger partial charge is 0.261 e. The molecule has 2 nitrogen and oxygen atoms in total. The molecule has 0 aromatic heterocycles. The molecule has 0 bridgehead atoms. The van der Waals surface area contributed by atoms with Crippen LogP contribution in [-0.4, -0.2) is 25.9 Å². The topological polar surface area (TPSA) is 18.5 Å². The van der Waals surface area contributed by atoms with E-state index in [9.17, 15) is 8.78 Å². The van der Waals surface area contributed by atoms with Crippen LogP contribution < -0.4 is 0 Å². The lowest BCUT2D eigenvalue weighted by molar-refractivity contribution is -0.151. The quantitative estimate of drug-likeness (QED) is 0.444. The highest BCUT2D eigenvalue weighted by molar-refractivity contribution is 4.38. The minimum absolute atomic E-state index is 0.523. The van der Waals surface area contributed by atoms with Crippen molar-refractivity contribution in [2.45, 2.75) is 39.4 Å². The standard InChI is InChI=1S/C8H16F2O2/c1-3-4-5-11-7(2)12-6-8(9)10/h7-8H,3-6H2,1-2H3. The van der Waals surface area contributed by atoms with E-state index in [-0.39, 0.29) is 0 Å². The number of rotatable bonds is 7. The maximum Gasteiger partial charge on any atom is 0.261 e. The van der Waals surface area contributed by atoms with E-state index in [0.717, 1.165) is 12.8 Å². The molecule has 0 aliphatic rings. The predicted molar refractivity (Wildman–Crippen MR) is 42.3 cm³/mol. The number of hydrogen-bond donors (Lipinski definition) is 0. The van der Waals surface area contributed by atoms with Crippen LogP contribution in [-0.2, 0) is 9.47 Å². The first kappa shape index (κ1) is 11.8. The van der Waals surface area contributed by atoms with Gasteiger partial charge in [-0.3, -0.25) is 0 Å². The van der Waals surface area contributed by atoms with Crippen molar-refractivity contribution in [3.05, 3.63) is 0 Å². The van der Waals surface area contributed by atoms with Crippen LogP contribution >= 0.6 is 0 Å². The van der Waals surface area contributed by atoms with Crippen LogP contribution in [0.4, 0.5) is 8.78 Å². The highest BCUT2D eigenvalue weighted by Crippen LogP contribution is 2.00. The molecule has 0 saturated heterocycles. The van der Waals surface area contributed by atoms with Crippen LogP contribution in [0.15, 0.2) is 0 Å². The zero-order chi connectivity index (χ0) is 9.40. The molecular formula is C8H16F2O2. The molecule has 1 atom stereocenters. The number of unbranched alkanes of at least 4 members (excludes halogenated alkanes) is 1. The van der Waals surface area contributed by atoms with Crippen molar-refractivity contribution in [1.29, 1.82) is 0 Å². The highest BCUT2D eigenvalue weighted by atomic mass is 19.3. The molecule has 0 amide bonds. The lowest BCUT2D eigenvalue weighted by atomic mass is 10.4. The van der Waals surface area contributed by atoms with Crippen LogP contribution in [0.2, 0.25) is 0 Å². The molecule has 12 heavy (non-hydrogen) atoms. The van der Waals surface area contributed by atoms with Crippen LogP contribution in [0.5, 0.6) is 0 Å². The fraction of sp³-hybridized carbons (Fsp3) is 1.00. The van der Waals surface area contributed by atoms with Gasteiger partial charge in [0, 0.05) is 6.61 Å². The van der Waals surface area contributed by atoms with Crippen molar-refractivity contribution < 1.29 is 18.3 Å². The number of hydrogen-bond acceptors (Lipinski definition) is 2. The van der Waals surface area contributed by atoms with Crippen LogP contribution in [0, 0.1) is 0 Å². The van der Waals surface area contributed by atoms with Gasteiger partial charge in [-0.2, -0.15) is 0 Å². The summed E-state index contributed by atoms with van der Waals surface area (Å²) < 4.78 is 33.0. The normalized spacial score (nSPS) is 13.8. The zero-order valence-electron chi connectivity index (χ0n) is 7.56. The Morgan fingerprint density at radius 2 is 1.92 bits per heavy atom. The molecule has 4 heteroatoms. The maximum absolute atomic E-state index is 11.6. The highest BCUT2D eigenvalue weighted by Gasteiger charge is 2.06. The Morgan fingerprint density at radius 3 is 2.42 bits per heavy atom. The van der Waals surface area contributed by atoms with E-state index in [0.29, 0.717) is 6.61 Å². The van der Waals surface area contributed by atoms with Gasteiger partial charge < -0.3 is 9.47 Å². The van der Waals surface area contributed by atoms with Crippen molar-refractivity contribution in [3.8, 4) is 0 Å². The molecule has 0 spiro atoms. The second-order valence-electron chi connectivity index (χ2n) is 2.52. The van der Waals surface area contributed by atoms with Crippen LogP contribution in [0.1, 0.15) is 26.7 Å². The molecule has 0 aromatic rings. The zero-order valence-corrected chi connectivity index (χ0v) is 7.56. The first-order valence-corrected chi connectivity index (χ1v) is 4.18. The van der Waals surface area contributed by atoms with Gasteiger partial charge in [0.25, 0.3) is 6.43 Å². The average Bonchev–Trinajstić information content (AvgIpc) is 2.01. The Balaban J connectivity index is 3.15. The summed E-state index contributed by atoms with van der Waals surface area (Å²) in [4.78, 5) is 0. The summed E-state index contributed by atoms with van der Waals surface area (Å²) in [6, 6.07) is 0. The van der Waals surface area contributed by atoms with Gasteiger partial charge >= 0.3 is 0 Å². The van der Waals surface area contributed by atoms with E-state index in [1.54, 1.807) is 6.92 Å². The monoisotopic (exact) mass is 182 g/mol. The van der Waals surface area contributed by atoms with Crippen molar-refractivity contribution in [2.75, 3.05) is 13.2 Å². The molecule has 0 radical (unpaired) electrons. The third kappa shape index (κ3) is 7.88. The van der Waals surface area contributed by atoms with Gasteiger partial charge in [0.05, 0.1) is 0 Å². The van der Waals surface area contributed by atoms with Crippen molar-refractivity contribution in [2.24, 2.45) is 0 Å². The fourth-order valence-electron chi connectivity index (χ4n) is 0.650. The summed E-state index contributed by atoms with van der Waals surface area (Å²) in [5.41, 5.74) is 0. The first-order valence-electron chi connectivity index (χ1n) is 4.18. The lowest BCUT2D eigenvalue weighted by Crippen LogP contribution is -2.17. The third-order valence-corrected chi connectivity index (χ3v) is 1.31. The minimum atomic E-state index is -2.41. The summed E-state index contributed by atoms with van der Waals surface area (Å²) >= 11 is 0. The molecule has 0 aliphatic heterocycles. The van der Waals surface area contributed by atoms with E-state index < -0.39 is 19.3 Å².